The summed E-state index contributed by atoms with van der Waals surface area (Å²) in [6.45, 7) is 6.22. The largest absolute Gasteiger partial charge is 0.388 e. The average Bonchev–Trinajstić information content (AvgIpc) is 2.18. The van der Waals surface area contributed by atoms with Crippen LogP contribution >= 0.6 is 0 Å². The highest BCUT2D eigenvalue weighted by Crippen LogP contribution is 2.18. The van der Waals surface area contributed by atoms with Crippen molar-refractivity contribution in [1.82, 2.24) is 5.32 Å². The molecule has 0 atom stereocenters. The van der Waals surface area contributed by atoms with E-state index in [9.17, 15) is 5.11 Å². The number of nitrogens with one attached hydrogen (secondary N) is 1. The van der Waals surface area contributed by atoms with Crippen molar-refractivity contribution in [2.75, 3.05) is 39.5 Å². The van der Waals surface area contributed by atoms with Gasteiger partial charge in [-0.1, -0.05) is 0 Å². The van der Waals surface area contributed by atoms with Crippen LogP contribution in [0.4, 0.5) is 0 Å². The molecule has 1 fully saturated rings. The number of hydrogen-bond donors (Lipinski definition) is 2. The Kier molecular flexibility index (Phi) is 5.40. The molecular formula is C10H21NO3. The van der Waals surface area contributed by atoms with Crippen molar-refractivity contribution in [3.8, 4) is 0 Å². The van der Waals surface area contributed by atoms with E-state index in [1.807, 2.05) is 6.92 Å². The Morgan fingerprint density at radius 2 is 2.14 bits per heavy atom. The van der Waals surface area contributed by atoms with Crippen molar-refractivity contribution in [3.63, 3.8) is 0 Å². The first-order valence-electron chi connectivity index (χ1n) is 5.35. The van der Waals surface area contributed by atoms with Gasteiger partial charge in [0, 0.05) is 45.8 Å². The lowest BCUT2D eigenvalue weighted by atomic mass is 9.94. The number of ether oxygens (including phenoxy) is 2. The summed E-state index contributed by atoms with van der Waals surface area (Å²) in [7, 11) is 0. The molecule has 84 valence electrons. The molecule has 0 saturated carbocycles. The van der Waals surface area contributed by atoms with Crippen LogP contribution in [0.25, 0.3) is 0 Å². The van der Waals surface area contributed by atoms with E-state index in [2.05, 4.69) is 5.32 Å². The first kappa shape index (κ1) is 11.9. The second-order valence-corrected chi connectivity index (χ2v) is 3.71. The molecule has 0 aliphatic carbocycles. The van der Waals surface area contributed by atoms with Crippen molar-refractivity contribution in [2.24, 2.45) is 0 Å². The SMILES string of the molecule is CCOCCNCC1(O)CCOCC1. The topological polar surface area (TPSA) is 50.7 Å². The quantitative estimate of drug-likeness (QED) is 0.604. The van der Waals surface area contributed by atoms with Gasteiger partial charge < -0.3 is 19.9 Å². The van der Waals surface area contributed by atoms with Gasteiger partial charge in [-0.25, -0.2) is 0 Å². The molecule has 1 heterocycles. The Bertz CT molecular complexity index is 146. The summed E-state index contributed by atoms with van der Waals surface area (Å²) in [5.74, 6) is 0. The average molecular weight is 203 g/mol. The van der Waals surface area contributed by atoms with E-state index in [0.29, 0.717) is 26.4 Å². The Balaban J connectivity index is 2.03. The number of aliphatic hydroxyl groups is 1. The number of rotatable bonds is 6. The van der Waals surface area contributed by atoms with E-state index in [-0.39, 0.29) is 0 Å². The highest BCUT2D eigenvalue weighted by molar-refractivity contribution is 4.83. The monoisotopic (exact) mass is 203 g/mol. The van der Waals surface area contributed by atoms with Crippen LogP contribution in [-0.2, 0) is 9.47 Å². The fourth-order valence-corrected chi connectivity index (χ4v) is 1.54. The Morgan fingerprint density at radius 3 is 2.79 bits per heavy atom. The van der Waals surface area contributed by atoms with E-state index >= 15 is 0 Å². The zero-order valence-corrected chi connectivity index (χ0v) is 8.92. The standard InChI is InChI=1S/C10H21NO3/c1-2-13-8-5-11-9-10(12)3-6-14-7-4-10/h11-12H,2-9H2,1H3. The minimum absolute atomic E-state index is 0.565. The molecule has 0 aromatic carbocycles. The van der Waals surface area contributed by atoms with Crippen LogP contribution in [0.3, 0.4) is 0 Å². The minimum atomic E-state index is -0.565. The summed E-state index contributed by atoms with van der Waals surface area (Å²) < 4.78 is 10.4. The van der Waals surface area contributed by atoms with Crippen LogP contribution in [-0.4, -0.2) is 50.2 Å². The van der Waals surface area contributed by atoms with Crippen LogP contribution in [0.1, 0.15) is 19.8 Å². The second kappa shape index (κ2) is 6.35. The van der Waals surface area contributed by atoms with Gasteiger partial charge >= 0.3 is 0 Å². The van der Waals surface area contributed by atoms with Crippen LogP contribution in [0.2, 0.25) is 0 Å². The molecule has 0 aromatic heterocycles. The lowest BCUT2D eigenvalue weighted by molar-refractivity contribution is -0.0619. The fraction of sp³-hybridized carbons (Fsp3) is 1.00. The molecule has 4 heteroatoms. The van der Waals surface area contributed by atoms with Gasteiger partial charge in [0.1, 0.15) is 0 Å². The zero-order chi connectivity index (χ0) is 10.3. The van der Waals surface area contributed by atoms with Gasteiger partial charge in [-0.2, -0.15) is 0 Å². The Morgan fingerprint density at radius 1 is 1.43 bits per heavy atom. The van der Waals surface area contributed by atoms with Gasteiger partial charge in [0.2, 0.25) is 0 Å². The third-order valence-corrected chi connectivity index (χ3v) is 2.50. The number of hydrogen-bond acceptors (Lipinski definition) is 4. The first-order valence-corrected chi connectivity index (χ1v) is 5.35. The van der Waals surface area contributed by atoms with Gasteiger partial charge in [0.05, 0.1) is 12.2 Å². The van der Waals surface area contributed by atoms with Gasteiger partial charge in [0.15, 0.2) is 0 Å². The van der Waals surface area contributed by atoms with E-state index in [4.69, 9.17) is 9.47 Å². The maximum Gasteiger partial charge on any atom is 0.0815 e. The molecular weight excluding hydrogens is 182 g/mol. The lowest BCUT2D eigenvalue weighted by Crippen LogP contribution is -2.45. The molecule has 0 aromatic rings. The van der Waals surface area contributed by atoms with Crippen LogP contribution in [0.5, 0.6) is 0 Å². The predicted octanol–water partition coefficient (Wildman–Crippen LogP) is 0.154. The van der Waals surface area contributed by atoms with Crippen LogP contribution in [0.15, 0.2) is 0 Å². The van der Waals surface area contributed by atoms with E-state index < -0.39 is 5.60 Å². The molecule has 2 N–H and O–H groups in total. The molecule has 14 heavy (non-hydrogen) atoms. The second-order valence-electron chi connectivity index (χ2n) is 3.71. The Hall–Kier alpha value is -0.160. The predicted molar refractivity (Wildman–Crippen MR) is 54.4 cm³/mol. The molecule has 0 bridgehead atoms. The fourth-order valence-electron chi connectivity index (χ4n) is 1.54. The van der Waals surface area contributed by atoms with E-state index in [1.54, 1.807) is 0 Å². The summed E-state index contributed by atoms with van der Waals surface area (Å²) in [5.41, 5.74) is -0.565. The van der Waals surface area contributed by atoms with Gasteiger partial charge in [-0.3, -0.25) is 0 Å². The summed E-state index contributed by atoms with van der Waals surface area (Å²) >= 11 is 0. The minimum Gasteiger partial charge on any atom is -0.388 e. The van der Waals surface area contributed by atoms with Crippen molar-refractivity contribution in [2.45, 2.75) is 25.4 Å². The van der Waals surface area contributed by atoms with Crippen molar-refractivity contribution in [1.29, 1.82) is 0 Å². The summed E-state index contributed by atoms with van der Waals surface area (Å²) in [4.78, 5) is 0. The van der Waals surface area contributed by atoms with Crippen molar-refractivity contribution >= 4 is 0 Å². The molecule has 1 aliphatic heterocycles. The summed E-state index contributed by atoms with van der Waals surface area (Å²) in [6.07, 6.45) is 1.46. The summed E-state index contributed by atoms with van der Waals surface area (Å²) in [5, 5.41) is 13.2. The molecule has 0 spiro atoms. The maximum atomic E-state index is 10.0. The van der Waals surface area contributed by atoms with Gasteiger partial charge in [-0.05, 0) is 6.92 Å². The molecule has 1 saturated heterocycles. The highest BCUT2D eigenvalue weighted by atomic mass is 16.5. The lowest BCUT2D eigenvalue weighted by Gasteiger charge is -2.32. The summed E-state index contributed by atoms with van der Waals surface area (Å²) in [6, 6.07) is 0. The molecule has 0 amide bonds. The molecule has 1 rings (SSSR count). The van der Waals surface area contributed by atoms with Crippen LogP contribution < -0.4 is 5.32 Å². The normalized spacial score (nSPS) is 21.0. The van der Waals surface area contributed by atoms with E-state index in [1.165, 1.54) is 0 Å². The third-order valence-electron chi connectivity index (χ3n) is 2.50. The third kappa shape index (κ3) is 4.37. The van der Waals surface area contributed by atoms with Gasteiger partial charge in [0.25, 0.3) is 0 Å². The highest BCUT2D eigenvalue weighted by Gasteiger charge is 2.28. The smallest absolute Gasteiger partial charge is 0.0815 e. The Labute approximate surface area is 85.6 Å². The molecule has 4 nitrogen and oxygen atoms in total. The zero-order valence-electron chi connectivity index (χ0n) is 8.92. The molecule has 1 aliphatic rings. The van der Waals surface area contributed by atoms with Crippen molar-refractivity contribution in [3.05, 3.63) is 0 Å². The van der Waals surface area contributed by atoms with Gasteiger partial charge in [-0.15, -0.1) is 0 Å². The molecule has 0 unspecified atom stereocenters. The van der Waals surface area contributed by atoms with Crippen molar-refractivity contribution < 1.29 is 14.6 Å². The first-order chi connectivity index (χ1) is 6.77. The molecule has 0 radical (unpaired) electrons. The maximum absolute atomic E-state index is 10.0. The van der Waals surface area contributed by atoms with E-state index in [0.717, 1.165) is 26.0 Å². The van der Waals surface area contributed by atoms with Crippen LogP contribution in [0, 0.1) is 0 Å².